The minimum Gasteiger partial charge on any atom is -0.342 e. The molecule has 4 rings (SSSR count). The van der Waals surface area contributed by atoms with E-state index >= 15 is 0 Å². The second kappa shape index (κ2) is 10.9. The zero-order valence-electron chi connectivity index (χ0n) is 19.0. The molecule has 0 spiro atoms. The van der Waals surface area contributed by atoms with E-state index in [1.807, 2.05) is 12.3 Å². The molecule has 3 amide bonds. The van der Waals surface area contributed by atoms with Crippen molar-refractivity contribution in [1.82, 2.24) is 19.8 Å². The standard InChI is InChI=1S/C24H32N4O5/c29-21(27-15-11-19(17-27)24(32)33-28-22(30)9-10-23(28)31)8-2-1-3-13-26-14-5-7-20(26)18-6-4-12-25-16-18/h4,6,12,16,19-20H,1-3,5,7-11,13-15,17H2/t19?,20-/m0/s1. The number of unbranched alkanes of at least 4 members (excludes halogenated alkanes) is 2. The van der Waals surface area contributed by atoms with Crippen molar-refractivity contribution in [2.24, 2.45) is 5.92 Å². The molecular weight excluding hydrogens is 424 g/mol. The fourth-order valence-corrected chi connectivity index (χ4v) is 4.97. The van der Waals surface area contributed by atoms with E-state index in [1.165, 1.54) is 18.4 Å². The van der Waals surface area contributed by atoms with Crippen molar-refractivity contribution in [2.75, 3.05) is 26.2 Å². The van der Waals surface area contributed by atoms with Gasteiger partial charge in [0.15, 0.2) is 0 Å². The summed E-state index contributed by atoms with van der Waals surface area (Å²) in [6.45, 7) is 2.92. The van der Waals surface area contributed by atoms with Gasteiger partial charge in [-0.15, -0.1) is 5.06 Å². The summed E-state index contributed by atoms with van der Waals surface area (Å²) in [6.07, 6.45) is 10.1. The number of likely N-dealkylation sites (tertiary alicyclic amines) is 2. The van der Waals surface area contributed by atoms with E-state index in [0.717, 1.165) is 32.4 Å². The third-order valence-corrected chi connectivity index (χ3v) is 6.83. The number of hydrogen-bond acceptors (Lipinski definition) is 7. The Morgan fingerprint density at radius 2 is 1.88 bits per heavy atom. The lowest BCUT2D eigenvalue weighted by Gasteiger charge is -2.24. The summed E-state index contributed by atoms with van der Waals surface area (Å²) in [5.74, 6) is -2.02. The molecule has 1 aromatic heterocycles. The number of hydrogen-bond donors (Lipinski definition) is 0. The minimum atomic E-state index is -0.609. The monoisotopic (exact) mass is 456 g/mol. The Morgan fingerprint density at radius 3 is 2.64 bits per heavy atom. The van der Waals surface area contributed by atoms with E-state index in [1.54, 1.807) is 11.1 Å². The van der Waals surface area contributed by atoms with E-state index < -0.39 is 23.7 Å². The highest BCUT2D eigenvalue weighted by Crippen LogP contribution is 2.31. The van der Waals surface area contributed by atoms with Crippen LogP contribution < -0.4 is 0 Å². The minimum absolute atomic E-state index is 0.0491. The second-order valence-electron chi connectivity index (χ2n) is 9.11. The van der Waals surface area contributed by atoms with Crippen LogP contribution in [0.1, 0.15) is 69.4 Å². The number of amides is 3. The van der Waals surface area contributed by atoms with Crippen LogP contribution >= 0.6 is 0 Å². The predicted molar refractivity (Wildman–Crippen MR) is 118 cm³/mol. The third kappa shape index (κ3) is 5.76. The van der Waals surface area contributed by atoms with Gasteiger partial charge in [-0.2, -0.15) is 0 Å². The Balaban J connectivity index is 1.13. The quantitative estimate of drug-likeness (QED) is 0.415. The van der Waals surface area contributed by atoms with E-state index in [4.69, 9.17) is 4.84 Å². The predicted octanol–water partition coefficient (Wildman–Crippen LogP) is 2.23. The Labute approximate surface area is 194 Å². The van der Waals surface area contributed by atoms with Gasteiger partial charge in [0.05, 0.1) is 5.92 Å². The summed E-state index contributed by atoms with van der Waals surface area (Å²) >= 11 is 0. The fourth-order valence-electron chi connectivity index (χ4n) is 4.97. The molecule has 0 radical (unpaired) electrons. The van der Waals surface area contributed by atoms with Crippen molar-refractivity contribution in [1.29, 1.82) is 0 Å². The zero-order valence-corrected chi connectivity index (χ0v) is 19.0. The highest BCUT2D eigenvalue weighted by atomic mass is 16.7. The molecule has 9 nitrogen and oxygen atoms in total. The molecule has 3 fully saturated rings. The third-order valence-electron chi connectivity index (χ3n) is 6.83. The van der Waals surface area contributed by atoms with Crippen LogP contribution in [0.5, 0.6) is 0 Å². The topological polar surface area (TPSA) is 100 Å². The lowest BCUT2D eigenvalue weighted by atomic mass is 10.1. The highest BCUT2D eigenvalue weighted by Gasteiger charge is 2.37. The van der Waals surface area contributed by atoms with Crippen LogP contribution in [0.3, 0.4) is 0 Å². The molecule has 178 valence electrons. The number of rotatable bonds is 9. The van der Waals surface area contributed by atoms with Gasteiger partial charge in [-0.1, -0.05) is 12.5 Å². The molecule has 9 heteroatoms. The lowest BCUT2D eigenvalue weighted by molar-refractivity contribution is -0.200. The highest BCUT2D eigenvalue weighted by molar-refractivity contribution is 6.01. The first-order valence-electron chi connectivity index (χ1n) is 12.0. The van der Waals surface area contributed by atoms with E-state index in [-0.39, 0.29) is 25.3 Å². The Kier molecular flexibility index (Phi) is 7.69. The van der Waals surface area contributed by atoms with Crippen LogP contribution in [-0.4, -0.2) is 69.7 Å². The Hall–Kier alpha value is -2.81. The maximum atomic E-state index is 12.6. The van der Waals surface area contributed by atoms with Crippen LogP contribution in [0, 0.1) is 5.92 Å². The molecule has 0 aromatic carbocycles. The molecule has 3 aliphatic rings. The van der Waals surface area contributed by atoms with Gasteiger partial charge in [0, 0.05) is 50.8 Å². The largest absolute Gasteiger partial charge is 0.342 e. The first-order chi connectivity index (χ1) is 16.0. The van der Waals surface area contributed by atoms with E-state index in [0.29, 0.717) is 30.5 Å². The first-order valence-corrected chi connectivity index (χ1v) is 12.0. The molecule has 2 atom stereocenters. The van der Waals surface area contributed by atoms with Gasteiger partial charge in [-0.05, 0) is 56.8 Å². The lowest BCUT2D eigenvalue weighted by Crippen LogP contribution is -2.36. The molecule has 0 aliphatic carbocycles. The maximum absolute atomic E-state index is 12.6. The van der Waals surface area contributed by atoms with Crippen LogP contribution in [0.2, 0.25) is 0 Å². The summed E-state index contributed by atoms with van der Waals surface area (Å²) in [4.78, 5) is 61.5. The number of aromatic nitrogens is 1. The van der Waals surface area contributed by atoms with Gasteiger partial charge in [0.2, 0.25) is 5.91 Å². The van der Waals surface area contributed by atoms with Gasteiger partial charge in [-0.25, -0.2) is 4.79 Å². The number of carbonyl (C=O) groups is 4. The fraction of sp³-hybridized carbons (Fsp3) is 0.625. The van der Waals surface area contributed by atoms with Gasteiger partial charge in [0.1, 0.15) is 0 Å². The molecule has 1 unspecified atom stereocenters. The average molecular weight is 457 g/mol. The number of hydroxylamine groups is 2. The summed E-state index contributed by atoms with van der Waals surface area (Å²) in [6, 6.07) is 4.59. The molecule has 0 saturated carbocycles. The SMILES string of the molecule is O=C(ON1C(=O)CCC1=O)C1CCN(C(=O)CCCCCN2CCC[C@H]2c2cccnc2)C1. The normalized spacial score (nSPS) is 23.5. The van der Waals surface area contributed by atoms with Crippen molar-refractivity contribution in [3.63, 3.8) is 0 Å². The smallest absolute Gasteiger partial charge is 0.338 e. The molecule has 0 N–H and O–H groups in total. The van der Waals surface area contributed by atoms with Crippen LogP contribution in [0.25, 0.3) is 0 Å². The molecule has 0 bridgehead atoms. The number of carbonyl (C=O) groups excluding carboxylic acids is 4. The summed E-state index contributed by atoms with van der Waals surface area (Å²) in [5.41, 5.74) is 1.28. The second-order valence-corrected chi connectivity index (χ2v) is 9.11. The molecule has 4 heterocycles. The number of nitrogens with zero attached hydrogens (tertiary/aromatic N) is 4. The van der Waals surface area contributed by atoms with Crippen molar-refractivity contribution >= 4 is 23.7 Å². The van der Waals surface area contributed by atoms with Crippen molar-refractivity contribution in [3.8, 4) is 0 Å². The molecular formula is C24H32N4O5. The van der Waals surface area contributed by atoms with E-state index in [9.17, 15) is 19.2 Å². The van der Waals surface area contributed by atoms with Crippen molar-refractivity contribution in [2.45, 2.75) is 63.8 Å². The molecule has 33 heavy (non-hydrogen) atoms. The number of pyridine rings is 1. The Bertz CT molecular complexity index is 861. The van der Waals surface area contributed by atoms with Crippen molar-refractivity contribution in [3.05, 3.63) is 30.1 Å². The summed E-state index contributed by atoms with van der Waals surface area (Å²) in [5, 5.41) is 0.575. The van der Waals surface area contributed by atoms with Gasteiger partial charge in [0.25, 0.3) is 11.8 Å². The molecule has 3 saturated heterocycles. The molecule has 3 aliphatic heterocycles. The van der Waals surface area contributed by atoms with Crippen LogP contribution in [-0.2, 0) is 24.0 Å². The van der Waals surface area contributed by atoms with Crippen LogP contribution in [0.4, 0.5) is 0 Å². The van der Waals surface area contributed by atoms with Gasteiger partial charge < -0.3 is 9.74 Å². The van der Waals surface area contributed by atoms with Gasteiger partial charge >= 0.3 is 5.97 Å². The summed E-state index contributed by atoms with van der Waals surface area (Å²) < 4.78 is 0. The average Bonchev–Trinajstić information content (AvgIpc) is 3.56. The molecule has 1 aromatic rings. The Morgan fingerprint density at radius 1 is 1.06 bits per heavy atom. The van der Waals surface area contributed by atoms with Gasteiger partial charge in [-0.3, -0.25) is 24.3 Å². The van der Waals surface area contributed by atoms with Crippen LogP contribution in [0.15, 0.2) is 24.5 Å². The zero-order chi connectivity index (χ0) is 23.2. The maximum Gasteiger partial charge on any atom is 0.338 e. The van der Waals surface area contributed by atoms with E-state index in [2.05, 4.69) is 16.0 Å². The summed E-state index contributed by atoms with van der Waals surface area (Å²) in [7, 11) is 0. The first kappa shape index (κ1) is 23.4. The van der Waals surface area contributed by atoms with Crippen molar-refractivity contribution < 1.29 is 24.0 Å². The number of imide groups is 1.